The summed E-state index contributed by atoms with van der Waals surface area (Å²) in [5.41, 5.74) is 7.30. The van der Waals surface area contributed by atoms with Crippen LogP contribution in [0.3, 0.4) is 0 Å². The van der Waals surface area contributed by atoms with Gasteiger partial charge >= 0.3 is 0 Å². The van der Waals surface area contributed by atoms with E-state index < -0.39 is 23.0 Å². The highest BCUT2D eigenvalue weighted by Crippen LogP contribution is 2.31. The van der Waals surface area contributed by atoms with E-state index in [0.29, 0.717) is 24.2 Å². The smallest absolute Gasteiger partial charge is 0.251 e. The third-order valence-electron chi connectivity index (χ3n) is 4.90. The van der Waals surface area contributed by atoms with Gasteiger partial charge in [-0.2, -0.15) is 0 Å². The van der Waals surface area contributed by atoms with Crippen molar-refractivity contribution in [1.82, 2.24) is 15.3 Å². The van der Waals surface area contributed by atoms with Crippen LogP contribution in [0.15, 0.2) is 67.0 Å². The first-order valence-corrected chi connectivity index (χ1v) is 11.0. The van der Waals surface area contributed by atoms with Crippen molar-refractivity contribution in [3.05, 3.63) is 100 Å². The zero-order valence-electron chi connectivity index (χ0n) is 17.7. The molecule has 0 saturated heterocycles. The van der Waals surface area contributed by atoms with E-state index in [4.69, 9.17) is 5.73 Å². The molecule has 0 atom stereocenters. The van der Waals surface area contributed by atoms with Gasteiger partial charge in [0.2, 0.25) is 5.78 Å². The summed E-state index contributed by atoms with van der Waals surface area (Å²) in [6, 6.07) is 13.6. The predicted molar refractivity (Wildman–Crippen MR) is 126 cm³/mol. The molecule has 0 aliphatic heterocycles. The van der Waals surface area contributed by atoms with E-state index in [9.17, 15) is 18.4 Å². The molecule has 0 spiro atoms. The number of anilines is 3. The number of amides is 1. The zero-order chi connectivity index (χ0) is 24.1. The van der Waals surface area contributed by atoms with Gasteiger partial charge < -0.3 is 16.4 Å². The first-order chi connectivity index (χ1) is 16.4. The Labute approximate surface area is 197 Å². The number of nitrogens with zero attached hydrogens (tertiary/aromatic N) is 2. The van der Waals surface area contributed by atoms with Crippen molar-refractivity contribution in [2.45, 2.75) is 6.42 Å². The molecule has 0 unspecified atom stereocenters. The highest BCUT2D eigenvalue weighted by atomic mass is 32.1. The summed E-state index contributed by atoms with van der Waals surface area (Å²) in [5.74, 6) is -3.16. The Morgan fingerprint density at radius 2 is 1.65 bits per heavy atom. The van der Waals surface area contributed by atoms with E-state index in [1.807, 2.05) is 12.1 Å². The van der Waals surface area contributed by atoms with Gasteiger partial charge in [0.1, 0.15) is 22.3 Å². The van der Waals surface area contributed by atoms with Crippen LogP contribution in [0, 0.1) is 11.6 Å². The predicted octanol–water partition coefficient (Wildman–Crippen LogP) is 4.35. The third-order valence-corrected chi connectivity index (χ3v) is 5.88. The number of nitrogens with one attached hydrogen (secondary N) is 2. The van der Waals surface area contributed by atoms with E-state index in [0.717, 1.165) is 29.0 Å². The number of nitrogen functional groups attached to an aromatic ring is 1. The highest BCUT2D eigenvalue weighted by Gasteiger charge is 2.24. The Morgan fingerprint density at radius 1 is 0.971 bits per heavy atom. The first-order valence-electron chi connectivity index (χ1n) is 10.2. The van der Waals surface area contributed by atoms with Crippen molar-refractivity contribution in [2.75, 3.05) is 17.6 Å². The second-order valence-corrected chi connectivity index (χ2v) is 8.22. The lowest BCUT2D eigenvalue weighted by molar-refractivity contribution is 0.0953. The molecule has 0 radical (unpaired) electrons. The Morgan fingerprint density at radius 3 is 2.32 bits per heavy atom. The number of halogens is 2. The number of carbonyl (C=O) groups is 2. The standard InChI is InChI=1S/C24H19F2N5O2S/c25-17-2-1-3-18(26)19(17)20(32)21-22(27)31-24(34-21)30-16-6-4-15(5-7-16)23(33)29-13-10-14-8-11-28-12-9-14/h1-9,11-12H,10,13,27H2,(H,29,33)(H,30,31). The fraction of sp³-hybridized carbons (Fsp3) is 0.0833. The van der Waals surface area contributed by atoms with Crippen molar-refractivity contribution in [2.24, 2.45) is 0 Å². The van der Waals surface area contributed by atoms with Gasteiger partial charge in [-0.3, -0.25) is 14.6 Å². The van der Waals surface area contributed by atoms with Crippen LogP contribution in [0.25, 0.3) is 0 Å². The van der Waals surface area contributed by atoms with E-state index in [1.165, 1.54) is 6.07 Å². The number of carbonyl (C=O) groups excluding carboxylic acids is 2. The Bertz CT molecular complexity index is 1310. The van der Waals surface area contributed by atoms with Crippen molar-refractivity contribution in [3.63, 3.8) is 0 Å². The molecule has 4 aromatic rings. The first kappa shape index (κ1) is 23.0. The number of benzene rings is 2. The van der Waals surface area contributed by atoms with Gasteiger partial charge in [0, 0.05) is 30.2 Å². The lowest BCUT2D eigenvalue weighted by Gasteiger charge is -2.07. The third kappa shape index (κ3) is 5.24. The van der Waals surface area contributed by atoms with Gasteiger partial charge in [-0.05, 0) is 60.5 Å². The van der Waals surface area contributed by atoms with E-state index >= 15 is 0 Å². The van der Waals surface area contributed by atoms with Crippen LogP contribution in [-0.2, 0) is 6.42 Å². The number of nitrogens with two attached hydrogens (primary N) is 1. The van der Waals surface area contributed by atoms with E-state index in [1.54, 1.807) is 36.7 Å². The molecule has 1 amide bonds. The monoisotopic (exact) mass is 479 g/mol. The number of rotatable bonds is 8. The number of hydrogen-bond acceptors (Lipinski definition) is 7. The highest BCUT2D eigenvalue weighted by molar-refractivity contribution is 7.18. The number of hydrogen-bond donors (Lipinski definition) is 3. The summed E-state index contributed by atoms with van der Waals surface area (Å²) in [5, 5.41) is 6.11. The number of ketones is 1. The van der Waals surface area contributed by atoms with E-state index in [2.05, 4.69) is 20.6 Å². The van der Waals surface area contributed by atoms with Crippen molar-refractivity contribution in [1.29, 1.82) is 0 Å². The van der Waals surface area contributed by atoms with Crippen LogP contribution in [0.2, 0.25) is 0 Å². The van der Waals surface area contributed by atoms with Crippen LogP contribution in [0.1, 0.15) is 31.2 Å². The minimum atomic E-state index is -0.970. The van der Waals surface area contributed by atoms with Gasteiger partial charge in [-0.1, -0.05) is 17.4 Å². The Kier molecular flexibility index (Phi) is 6.88. The molecule has 0 fully saturated rings. The second kappa shape index (κ2) is 10.2. The number of aromatic nitrogens is 2. The molecular weight excluding hydrogens is 460 g/mol. The SMILES string of the molecule is Nc1nc(Nc2ccc(C(=O)NCCc3ccncc3)cc2)sc1C(=O)c1c(F)cccc1F. The molecule has 10 heteroatoms. The van der Waals surface area contributed by atoms with Crippen molar-refractivity contribution < 1.29 is 18.4 Å². The molecule has 2 aromatic carbocycles. The summed E-state index contributed by atoms with van der Waals surface area (Å²) < 4.78 is 27.9. The maximum absolute atomic E-state index is 14.0. The fourth-order valence-electron chi connectivity index (χ4n) is 3.18. The molecule has 4 N–H and O–H groups in total. The maximum Gasteiger partial charge on any atom is 0.251 e. The van der Waals surface area contributed by atoms with Crippen molar-refractivity contribution in [3.8, 4) is 0 Å². The summed E-state index contributed by atoms with van der Waals surface area (Å²) in [6.45, 7) is 0.487. The minimum absolute atomic E-state index is 0.0725. The zero-order valence-corrected chi connectivity index (χ0v) is 18.5. The molecule has 0 aliphatic rings. The lowest BCUT2D eigenvalue weighted by Crippen LogP contribution is -2.25. The minimum Gasteiger partial charge on any atom is -0.382 e. The number of pyridine rings is 1. The molecule has 0 saturated carbocycles. The van der Waals surface area contributed by atoms with Gasteiger partial charge in [0.15, 0.2) is 5.13 Å². The molecule has 7 nitrogen and oxygen atoms in total. The Balaban J connectivity index is 1.39. The van der Waals surface area contributed by atoms with Crippen LogP contribution >= 0.6 is 11.3 Å². The van der Waals surface area contributed by atoms with Gasteiger partial charge in [-0.15, -0.1) is 0 Å². The van der Waals surface area contributed by atoms with Crippen LogP contribution in [0.4, 0.5) is 25.4 Å². The van der Waals surface area contributed by atoms with Crippen LogP contribution < -0.4 is 16.4 Å². The average Bonchev–Trinajstić information content (AvgIpc) is 3.19. The Hall–Kier alpha value is -4.18. The molecule has 172 valence electrons. The van der Waals surface area contributed by atoms with Crippen LogP contribution in [0.5, 0.6) is 0 Å². The molecule has 2 heterocycles. The summed E-state index contributed by atoms with van der Waals surface area (Å²) >= 11 is 0.880. The normalized spacial score (nSPS) is 10.6. The van der Waals surface area contributed by atoms with Gasteiger partial charge in [-0.25, -0.2) is 13.8 Å². The molecule has 0 bridgehead atoms. The molecular formula is C24H19F2N5O2S. The fourth-order valence-corrected chi connectivity index (χ4v) is 4.03. The maximum atomic E-state index is 14.0. The summed E-state index contributed by atoms with van der Waals surface area (Å²) in [4.78, 5) is 32.9. The summed E-state index contributed by atoms with van der Waals surface area (Å²) in [6.07, 6.45) is 4.10. The average molecular weight is 480 g/mol. The quantitative estimate of drug-likeness (QED) is 0.324. The largest absolute Gasteiger partial charge is 0.382 e. The topological polar surface area (TPSA) is 110 Å². The van der Waals surface area contributed by atoms with Gasteiger partial charge in [0.05, 0.1) is 5.56 Å². The molecule has 34 heavy (non-hydrogen) atoms. The summed E-state index contributed by atoms with van der Waals surface area (Å²) in [7, 11) is 0. The lowest BCUT2D eigenvalue weighted by atomic mass is 10.1. The van der Waals surface area contributed by atoms with Gasteiger partial charge in [0.25, 0.3) is 5.91 Å². The van der Waals surface area contributed by atoms with Crippen LogP contribution in [-0.4, -0.2) is 28.2 Å². The second-order valence-electron chi connectivity index (χ2n) is 7.22. The van der Waals surface area contributed by atoms with E-state index in [-0.39, 0.29) is 21.7 Å². The molecule has 0 aliphatic carbocycles. The van der Waals surface area contributed by atoms with Crippen molar-refractivity contribution >= 4 is 39.7 Å². The molecule has 2 aromatic heterocycles. The number of thiazole rings is 1. The molecule has 4 rings (SSSR count).